The number of fused-ring (bicyclic) bond motifs is 3. The minimum Gasteiger partial charge on any atom is -0.362 e. The molecule has 1 aliphatic carbocycles. The highest BCUT2D eigenvalue weighted by molar-refractivity contribution is 6.15. The molecule has 1 fully saturated rings. The summed E-state index contributed by atoms with van der Waals surface area (Å²) in [6, 6.07) is 12.5. The van der Waals surface area contributed by atoms with E-state index in [9.17, 15) is 19.8 Å². The number of rotatable bonds is 1. The standard InChI is InChI=1S/C17H14N2O4/c1-10-5-4-6-11(9-10)19-15(21)18-16(22)14(20)12-7-2-3-8-13(12)17(16,19)23/h2-9,22-23H,1H3,(H,18,21)/t16-,17+/m1/s1. The Morgan fingerprint density at radius 1 is 1.04 bits per heavy atom. The van der Waals surface area contributed by atoms with Crippen LogP contribution in [0.3, 0.4) is 0 Å². The van der Waals surface area contributed by atoms with E-state index in [1.54, 1.807) is 30.3 Å². The van der Waals surface area contributed by atoms with E-state index in [-0.39, 0.29) is 11.1 Å². The number of carbonyl (C=O) groups excluding carboxylic acids is 2. The van der Waals surface area contributed by atoms with Crippen LogP contribution in [0.1, 0.15) is 21.5 Å². The molecule has 2 aliphatic rings. The highest BCUT2D eigenvalue weighted by Gasteiger charge is 2.72. The molecule has 0 bridgehead atoms. The highest BCUT2D eigenvalue weighted by Crippen LogP contribution is 2.50. The number of aliphatic hydroxyl groups is 2. The molecule has 116 valence electrons. The summed E-state index contributed by atoms with van der Waals surface area (Å²) in [4.78, 5) is 26.0. The second-order valence-corrected chi connectivity index (χ2v) is 5.86. The Morgan fingerprint density at radius 3 is 2.52 bits per heavy atom. The number of ketones is 1. The number of nitrogens with one attached hydrogen (secondary N) is 1. The maximum Gasteiger partial charge on any atom is 0.327 e. The molecule has 4 rings (SSSR count). The summed E-state index contributed by atoms with van der Waals surface area (Å²) in [6.45, 7) is 1.85. The van der Waals surface area contributed by atoms with Crippen LogP contribution >= 0.6 is 0 Å². The van der Waals surface area contributed by atoms with Crippen LogP contribution in [-0.2, 0) is 5.72 Å². The van der Waals surface area contributed by atoms with Crippen LogP contribution in [0.25, 0.3) is 0 Å². The smallest absolute Gasteiger partial charge is 0.327 e. The maximum absolute atomic E-state index is 12.5. The van der Waals surface area contributed by atoms with E-state index in [1.807, 2.05) is 13.0 Å². The summed E-state index contributed by atoms with van der Waals surface area (Å²) in [7, 11) is 0. The van der Waals surface area contributed by atoms with Crippen LogP contribution < -0.4 is 10.2 Å². The fraction of sp³-hybridized carbons (Fsp3) is 0.176. The molecule has 1 saturated heterocycles. The zero-order chi connectivity index (χ0) is 16.4. The molecular weight excluding hydrogens is 296 g/mol. The van der Waals surface area contributed by atoms with Gasteiger partial charge in [0.2, 0.25) is 11.5 Å². The number of benzene rings is 2. The van der Waals surface area contributed by atoms with Crippen molar-refractivity contribution in [2.45, 2.75) is 18.4 Å². The maximum atomic E-state index is 12.5. The average molecular weight is 310 g/mol. The number of carbonyl (C=O) groups is 2. The molecule has 2 atom stereocenters. The Balaban J connectivity index is 2.00. The number of aryl methyl sites for hydroxylation is 1. The molecule has 2 amide bonds. The number of hydrogen-bond donors (Lipinski definition) is 3. The first-order valence-electron chi connectivity index (χ1n) is 7.17. The van der Waals surface area contributed by atoms with E-state index in [0.717, 1.165) is 10.5 Å². The van der Waals surface area contributed by atoms with Gasteiger partial charge in [0.1, 0.15) is 0 Å². The zero-order valence-electron chi connectivity index (χ0n) is 12.3. The lowest BCUT2D eigenvalue weighted by Crippen LogP contribution is -2.59. The quantitative estimate of drug-likeness (QED) is 0.739. The summed E-state index contributed by atoms with van der Waals surface area (Å²) in [5.41, 5.74) is -2.93. The first-order chi connectivity index (χ1) is 10.9. The summed E-state index contributed by atoms with van der Waals surface area (Å²) in [5.74, 6) is -0.723. The van der Waals surface area contributed by atoms with Gasteiger partial charge in [0.05, 0.1) is 0 Å². The molecule has 0 saturated carbocycles. The molecule has 23 heavy (non-hydrogen) atoms. The van der Waals surface area contributed by atoms with E-state index < -0.39 is 23.3 Å². The molecule has 0 spiro atoms. The third-order valence-corrected chi connectivity index (χ3v) is 4.45. The molecular formula is C17H14N2O4. The van der Waals surface area contributed by atoms with Gasteiger partial charge in [0.25, 0.3) is 5.72 Å². The fourth-order valence-electron chi connectivity index (χ4n) is 3.39. The summed E-state index contributed by atoms with van der Waals surface area (Å²) < 4.78 is 0. The van der Waals surface area contributed by atoms with Gasteiger partial charge in [-0.2, -0.15) is 0 Å². The van der Waals surface area contributed by atoms with Crippen LogP contribution in [0.15, 0.2) is 48.5 Å². The van der Waals surface area contributed by atoms with Gasteiger partial charge in [-0.05, 0) is 24.6 Å². The number of anilines is 1. The van der Waals surface area contributed by atoms with E-state index in [4.69, 9.17) is 0 Å². The molecule has 1 aliphatic heterocycles. The lowest BCUT2D eigenvalue weighted by molar-refractivity contribution is -0.109. The SMILES string of the molecule is Cc1cccc(N2C(=O)N[C@@]3(O)C(=O)c4ccccc4[C@@]23O)c1. The molecule has 2 aromatic carbocycles. The topological polar surface area (TPSA) is 89.9 Å². The van der Waals surface area contributed by atoms with Gasteiger partial charge >= 0.3 is 6.03 Å². The van der Waals surface area contributed by atoms with Crippen molar-refractivity contribution in [3.63, 3.8) is 0 Å². The van der Waals surface area contributed by atoms with Crippen molar-refractivity contribution >= 4 is 17.5 Å². The van der Waals surface area contributed by atoms with Crippen molar-refractivity contribution in [1.82, 2.24) is 5.32 Å². The van der Waals surface area contributed by atoms with Crippen LogP contribution in [0.2, 0.25) is 0 Å². The van der Waals surface area contributed by atoms with Crippen molar-refractivity contribution in [3.8, 4) is 0 Å². The molecule has 0 unspecified atom stereocenters. The number of amides is 2. The van der Waals surface area contributed by atoms with Crippen LogP contribution in [0, 0.1) is 6.92 Å². The average Bonchev–Trinajstić information content (AvgIpc) is 2.83. The Labute approximate surface area is 132 Å². The summed E-state index contributed by atoms with van der Waals surface area (Å²) in [6.07, 6.45) is 0. The minimum atomic E-state index is -2.41. The predicted octanol–water partition coefficient (Wildman–Crippen LogP) is 1.25. The fourth-order valence-corrected chi connectivity index (χ4v) is 3.39. The van der Waals surface area contributed by atoms with E-state index >= 15 is 0 Å². The molecule has 6 heteroatoms. The van der Waals surface area contributed by atoms with Crippen molar-refractivity contribution in [3.05, 3.63) is 65.2 Å². The molecule has 2 aromatic rings. The van der Waals surface area contributed by atoms with E-state index in [0.29, 0.717) is 5.69 Å². The van der Waals surface area contributed by atoms with Crippen molar-refractivity contribution in [2.75, 3.05) is 4.90 Å². The summed E-state index contributed by atoms with van der Waals surface area (Å²) >= 11 is 0. The Bertz CT molecular complexity index is 865. The molecule has 6 nitrogen and oxygen atoms in total. The molecule has 0 aromatic heterocycles. The van der Waals surface area contributed by atoms with Gasteiger partial charge in [-0.25, -0.2) is 4.79 Å². The van der Waals surface area contributed by atoms with E-state index in [2.05, 4.69) is 5.32 Å². The number of Topliss-reactive ketones (excluding diaryl/α,β-unsaturated/α-hetero) is 1. The monoisotopic (exact) mass is 310 g/mol. The lowest BCUT2D eigenvalue weighted by atomic mass is 9.98. The third kappa shape index (κ3) is 1.49. The summed E-state index contributed by atoms with van der Waals surface area (Å²) in [5, 5.41) is 24.3. The first kappa shape index (κ1) is 13.9. The van der Waals surface area contributed by atoms with Crippen molar-refractivity contribution < 1.29 is 19.8 Å². The molecule has 3 N–H and O–H groups in total. The largest absolute Gasteiger partial charge is 0.362 e. The van der Waals surface area contributed by atoms with Gasteiger partial charge in [0.15, 0.2) is 0 Å². The highest BCUT2D eigenvalue weighted by atomic mass is 16.4. The van der Waals surface area contributed by atoms with Gasteiger partial charge in [-0.1, -0.05) is 36.4 Å². The van der Waals surface area contributed by atoms with E-state index in [1.165, 1.54) is 12.1 Å². The van der Waals surface area contributed by atoms with Crippen molar-refractivity contribution in [1.29, 1.82) is 0 Å². The number of hydrogen-bond acceptors (Lipinski definition) is 4. The molecule has 0 radical (unpaired) electrons. The minimum absolute atomic E-state index is 0.190. The molecule has 1 heterocycles. The van der Waals surface area contributed by atoms with Gasteiger partial charge in [-0.15, -0.1) is 0 Å². The third-order valence-electron chi connectivity index (χ3n) is 4.45. The van der Waals surface area contributed by atoms with Crippen LogP contribution in [0.5, 0.6) is 0 Å². The van der Waals surface area contributed by atoms with Gasteiger partial charge in [0, 0.05) is 16.8 Å². The van der Waals surface area contributed by atoms with Crippen LogP contribution in [-0.4, -0.2) is 27.8 Å². The van der Waals surface area contributed by atoms with Crippen LogP contribution in [0.4, 0.5) is 10.5 Å². The Hall–Kier alpha value is -2.70. The Kier molecular flexibility index (Phi) is 2.53. The second kappa shape index (κ2) is 4.18. The van der Waals surface area contributed by atoms with Crippen molar-refractivity contribution in [2.24, 2.45) is 0 Å². The Morgan fingerprint density at radius 2 is 1.78 bits per heavy atom. The number of nitrogens with zero attached hydrogens (tertiary/aromatic N) is 1. The second-order valence-electron chi connectivity index (χ2n) is 5.86. The first-order valence-corrected chi connectivity index (χ1v) is 7.17. The van der Waals surface area contributed by atoms with Gasteiger partial charge in [-0.3, -0.25) is 15.0 Å². The predicted molar refractivity (Wildman–Crippen MR) is 81.8 cm³/mol. The van der Waals surface area contributed by atoms with Gasteiger partial charge < -0.3 is 10.2 Å². The zero-order valence-corrected chi connectivity index (χ0v) is 12.3. The lowest BCUT2D eigenvalue weighted by Gasteiger charge is -2.35. The number of urea groups is 1. The normalized spacial score (nSPS) is 28.6.